The van der Waals surface area contributed by atoms with E-state index in [1.807, 2.05) is 0 Å². The van der Waals surface area contributed by atoms with Gasteiger partial charge in [0, 0.05) is 12.1 Å². The van der Waals surface area contributed by atoms with Crippen LogP contribution in [-0.2, 0) is 6.54 Å². The largest absolute Gasteiger partial charge is 0.478 e. The summed E-state index contributed by atoms with van der Waals surface area (Å²) in [5.74, 6) is -3.86. The number of halogens is 2. The number of carboxylic acid groups (broad SMARTS) is 1. The summed E-state index contributed by atoms with van der Waals surface area (Å²) >= 11 is 0. The fraction of sp³-hybridized carbons (Fsp3) is 0.0909. The smallest absolute Gasteiger partial charge is 0.338 e. The highest BCUT2D eigenvalue weighted by atomic mass is 19.2. The molecule has 2 rings (SSSR count). The molecule has 0 saturated heterocycles. The van der Waals surface area contributed by atoms with Gasteiger partial charge < -0.3 is 16.2 Å². The lowest BCUT2D eigenvalue weighted by atomic mass is 10.1. The van der Waals surface area contributed by atoms with Crippen molar-refractivity contribution in [2.75, 3.05) is 11.1 Å². The van der Waals surface area contributed by atoms with Gasteiger partial charge in [-0.15, -0.1) is 0 Å². The van der Waals surface area contributed by atoms with Crippen LogP contribution in [0.4, 0.5) is 20.3 Å². The van der Waals surface area contributed by atoms with Crippen LogP contribution in [-0.4, -0.2) is 21.3 Å². The van der Waals surface area contributed by atoms with Gasteiger partial charge in [-0.2, -0.15) is 5.10 Å². The van der Waals surface area contributed by atoms with Crippen molar-refractivity contribution in [3.05, 3.63) is 41.1 Å². The Balaban J connectivity index is 2.20. The number of H-pyrrole nitrogens is 1. The van der Waals surface area contributed by atoms with Crippen LogP contribution in [0, 0.1) is 11.6 Å². The molecule has 1 aromatic heterocycles. The molecule has 5 N–H and O–H groups in total. The van der Waals surface area contributed by atoms with Crippen LogP contribution in [0.3, 0.4) is 0 Å². The zero-order valence-corrected chi connectivity index (χ0v) is 9.58. The molecule has 0 fully saturated rings. The van der Waals surface area contributed by atoms with E-state index in [9.17, 15) is 13.6 Å². The molecule has 0 atom stereocenters. The molecule has 8 heteroatoms. The third kappa shape index (κ3) is 2.46. The number of hydrogen-bond donors (Lipinski definition) is 4. The van der Waals surface area contributed by atoms with E-state index < -0.39 is 23.2 Å². The number of nitrogen functional groups attached to an aromatic ring is 1. The monoisotopic (exact) mass is 268 g/mol. The fourth-order valence-electron chi connectivity index (χ4n) is 1.50. The van der Waals surface area contributed by atoms with E-state index in [0.29, 0.717) is 11.4 Å². The van der Waals surface area contributed by atoms with Crippen LogP contribution >= 0.6 is 0 Å². The number of carbonyl (C=O) groups is 1. The lowest BCUT2D eigenvalue weighted by Gasteiger charge is -2.08. The highest BCUT2D eigenvalue weighted by molar-refractivity contribution is 5.88. The molecule has 1 heterocycles. The predicted octanol–water partition coefficient (Wildman–Crippen LogP) is 1.58. The molecule has 2 aromatic rings. The first-order valence-corrected chi connectivity index (χ1v) is 5.23. The Morgan fingerprint density at radius 2 is 2.16 bits per heavy atom. The molecule has 0 radical (unpaired) electrons. The third-order valence-corrected chi connectivity index (χ3v) is 2.53. The lowest BCUT2D eigenvalue weighted by Crippen LogP contribution is -2.08. The average molecular weight is 268 g/mol. The van der Waals surface area contributed by atoms with E-state index >= 15 is 0 Å². The quantitative estimate of drug-likeness (QED) is 0.674. The summed E-state index contributed by atoms with van der Waals surface area (Å²) in [7, 11) is 0. The van der Waals surface area contributed by atoms with Crippen molar-refractivity contribution in [2.45, 2.75) is 6.54 Å². The fourth-order valence-corrected chi connectivity index (χ4v) is 1.50. The Kier molecular flexibility index (Phi) is 3.32. The summed E-state index contributed by atoms with van der Waals surface area (Å²) < 4.78 is 27.0. The first kappa shape index (κ1) is 12.8. The zero-order valence-electron chi connectivity index (χ0n) is 9.58. The number of anilines is 2. The second-order valence-electron chi connectivity index (χ2n) is 3.76. The second kappa shape index (κ2) is 4.92. The molecule has 0 saturated carbocycles. The van der Waals surface area contributed by atoms with E-state index in [2.05, 4.69) is 15.5 Å². The Labute approximate surface area is 106 Å². The van der Waals surface area contributed by atoms with Crippen molar-refractivity contribution < 1.29 is 18.7 Å². The molecule has 0 amide bonds. The van der Waals surface area contributed by atoms with Crippen molar-refractivity contribution in [3.8, 4) is 0 Å². The Morgan fingerprint density at radius 1 is 1.42 bits per heavy atom. The number of rotatable bonds is 4. The van der Waals surface area contributed by atoms with Crippen molar-refractivity contribution in [3.63, 3.8) is 0 Å². The van der Waals surface area contributed by atoms with E-state index in [1.165, 1.54) is 6.20 Å². The second-order valence-corrected chi connectivity index (χ2v) is 3.76. The van der Waals surface area contributed by atoms with Crippen molar-refractivity contribution in [1.29, 1.82) is 0 Å². The Morgan fingerprint density at radius 3 is 2.74 bits per heavy atom. The number of carboxylic acids is 1. The first-order valence-electron chi connectivity index (χ1n) is 5.23. The van der Waals surface area contributed by atoms with Gasteiger partial charge in [-0.25, -0.2) is 13.6 Å². The standard InChI is InChI=1S/C11H10F2N4O2/c12-8-6(11(18)19)1-2-7(9(8)13)15-3-5-4-16-17-10(5)14/h1-2,4,15H,3H2,(H,18,19)(H3,14,16,17). The maximum atomic E-state index is 13.6. The average Bonchev–Trinajstić information content (AvgIpc) is 2.76. The molecular weight excluding hydrogens is 258 g/mol. The summed E-state index contributed by atoms with van der Waals surface area (Å²) in [5, 5.41) is 17.4. The number of aromatic carboxylic acids is 1. The highest BCUT2D eigenvalue weighted by Gasteiger charge is 2.17. The normalized spacial score (nSPS) is 10.4. The predicted molar refractivity (Wildman–Crippen MR) is 63.6 cm³/mol. The summed E-state index contributed by atoms with van der Waals surface area (Å²) in [6, 6.07) is 2.14. The number of nitrogens with zero attached hydrogens (tertiary/aromatic N) is 1. The number of nitrogens with one attached hydrogen (secondary N) is 2. The van der Waals surface area contributed by atoms with Gasteiger partial charge in [0.1, 0.15) is 5.82 Å². The van der Waals surface area contributed by atoms with Crippen molar-refractivity contribution in [1.82, 2.24) is 10.2 Å². The van der Waals surface area contributed by atoms with Gasteiger partial charge in [0.05, 0.1) is 17.4 Å². The molecular formula is C11H10F2N4O2. The van der Waals surface area contributed by atoms with E-state index in [-0.39, 0.29) is 12.2 Å². The molecule has 19 heavy (non-hydrogen) atoms. The molecule has 0 aliphatic carbocycles. The number of hydrogen-bond acceptors (Lipinski definition) is 4. The number of aromatic amines is 1. The maximum Gasteiger partial charge on any atom is 0.338 e. The maximum absolute atomic E-state index is 13.6. The summed E-state index contributed by atoms with van der Waals surface area (Å²) in [4.78, 5) is 10.6. The van der Waals surface area contributed by atoms with Crippen LogP contribution < -0.4 is 11.1 Å². The van der Waals surface area contributed by atoms with Gasteiger partial charge in [0.2, 0.25) is 0 Å². The van der Waals surface area contributed by atoms with E-state index in [1.54, 1.807) is 0 Å². The lowest BCUT2D eigenvalue weighted by molar-refractivity contribution is 0.0690. The number of aromatic nitrogens is 2. The number of benzene rings is 1. The molecule has 0 bridgehead atoms. The van der Waals surface area contributed by atoms with Gasteiger partial charge in [-0.1, -0.05) is 0 Å². The highest BCUT2D eigenvalue weighted by Crippen LogP contribution is 2.21. The Hall–Kier alpha value is -2.64. The van der Waals surface area contributed by atoms with Gasteiger partial charge in [0.25, 0.3) is 0 Å². The minimum atomic E-state index is -1.53. The topological polar surface area (TPSA) is 104 Å². The summed E-state index contributed by atoms with van der Waals surface area (Å²) in [5.41, 5.74) is 5.25. The van der Waals surface area contributed by atoms with E-state index in [4.69, 9.17) is 10.8 Å². The van der Waals surface area contributed by atoms with Crippen molar-refractivity contribution in [2.24, 2.45) is 0 Å². The molecule has 0 aliphatic heterocycles. The minimum Gasteiger partial charge on any atom is -0.478 e. The van der Waals surface area contributed by atoms with Crippen LogP contribution in [0.2, 0.25) is 0 Å². The molecule has 0 aliphatic rings. The van der Waals surface area contributed by atoms with Crippen LogP contribution in [0.25, 0.3) is 0 Å². The van der Waals surface area contributed by atoms with Crippen LogP contribution in [0.1, 0.15) is 15.9 Å². The summed E-state index contributed by atoms with van der Waals surface area (Å²) in [6.07, 6.45) is 1.45. The molecule has 6 nitrogen and oxygen atoms in total. The van der Waals surface area contributed by atoms with Gasteiger partial charge in [-0.05, 0) is 12.1 Å². The van der Waals surface area contributed by atoms with Gasteiger partial charge in [-0.3, -0.25) is 5.10 Å². The Bertz CT molecular complexity index is 627. The molecule has 0 spiro atoms. The van der Waals surface area contributed by atoms with Crippen molar-refractivity contribution >= 4 is 17.5 Å². The third-order valence-electron chi connectivity index (χ3n) is 2.53. The van der Waals surface area contributed by atoms with E-state index in [0.717, 1.165) is 12.1 Å². The minimum absolute atomic E-state index is 0.130. The first-order chi connectivity index (χ1) is 9.00. The van der Waals surface area contributed by atoms with Gasteiger partial charge in [0.15, 0.2) is 11.6 Å². The van der Waals surface area contributed by atoms with Crippen LogP contribution in [0.5, 0.6) is 0 Å². The van der Waals surface area contributed by atoms with Gasteiger partial charge >= 0.3 is 5.97 Å². The van der Waals surface area contributed by atoms with Crippen LogP contribution in [0.15, 0.2) is 18.3 Å². The zero-order chi connectivity index (χ0) is 14.0. The number of nitrogens with two attached hydrogens (primary N) is 1. The SMILES string of the molecule is Nc1[nH]ncc1CNc1ccc(C(=O)O)c(F)c1F. The molecule has 1 aromatic carbocycles. The molecule has 100 valence electrons. The summed E-state index contributed by atoms with van der Waals surface area (Å²) in [6.45, 7) is 0.130. The molecule has 0 unspecified atom stereocenters.